The molecule has 2 unspecified atom stereocenters. The number of piperidine rings is 1. The van der Waals surface area contributed by atoms with Crippen molar-refractivity contribution in [3.63, 3.8) is 0 Å². The molecule has 7 heteroatoms. The van der Waals surface area contributed by atoms with E-state index < -0.39 is 6.43 Å². The van der Waals surface area contributed by atoms with E-state index in [1.54, 1.807) is 6.92 Å². The molecule has 1 N–H and O–H groups in total. The molecule has 1 heterocycles. The summed E-state index contributed by atoms with van der Waals surface area (Å²) in [5.74, 6) is -0.241. The van der Waals surface area contributed by atoms with E-state index in [2.05, 4.69) is 11.4 Å². The molecule has 1 fully saturated rings. The van der Waals surface area contributed by atoms with Gasteiger partial charge in [-0.1, -0.05) is 0 Å². The molecule has 0 aromatic carbocycles. The van der Waals surface area contributed by atoms with Crippen molar-refractivity contribution in [1.29, 1.82) is 5.26 Å². The second-order valence-corrected chi connectivity index (χ2v) is 4.96. The summed E-state index contributed by atoms with van der Waals surface area (Å²) in [4.78, 5) is 13.4. The smallest absolute Gasteiger partial charge is 0.306 e. The molecule has 114 valence electrons. The van der Waals surface area contributed by atoms with Gasteiger partial charge in [0.05, 0.1) is 25.8 Å². The standard InChI is InChI=1S/C13H21F2N3O2/c1-2-20-13(19)6-10-5-11(17-7-12(14)15)9-18(8-10)4-3-16/h10-12,17H,2,4-9H2,1H3. The highest BCUT2D eigenvalue weighted by atomic mass is 19.3. The zero-order chi connectivity index (χ0) is 15.0. The summed E-state index contributed by atoms with van der Waals surface area (Å²) < 4.78 is 29.4. The van der Waals surface area contributed by atoms with Crippen molar-refractivity contribution >= 4 is 5.97 Å². The lowest BCUT2D eigenvalue weighted by atomic mass is 9.91. The molecular weight excluding hydrogens is 268 g/mol. The third kappa shape index (κ3) is 6.26. The van der Waals surface area contributed by atoms with E-state index in [-0.39, 0.29) is 37.4 Å². The van der Waals surface area contributed by atoms with Gasteiger partial charge < -0.3 is 10.1 Å². The minimum Gasteiger partial charge on any atom is -0.466 e. The van der Waals surface area contributed by atoms with Gasteiger partial charge in [-0.15, -0.1) is 0 Å². The molecule has 1 aliphatic heterocycles. The number of likely N-dealkylation sites (tertiary alicyclic amines) is 1. The van der Waals surface area contributed by atoms with E-state index in [0.29, 0.717) is 26.1 Å². The van der Waals surface area contributed by atoms with Crippen molar-refractivity contribution in [2.24, 2.45) is 5.92 Å². The van der Waals surface area contributed by atoms with Gasteiger partial charge in [-0.05, 0) is 19.3 Å². The van der Waals surface area contributed by atoms with Crippen molar-refractivity contribution in [3.8, 4) is 6.07 Å². The van der Waals surface area contributed by atoms with Crippen molar-refractivity contribution in [2.75, 3.05) is 32.8 Å². The molecule has 2 atom stereocenters. The number of carbonyl (C=O) groups excluding carboxylic acids is 1. The van der Waals surface area contributed by atoms with Crippen LogP contribution in [0, 0.1) is 17.2 Å². The molecule has 1 aliphatic rings. The first kappa shape index (κ1) is 16.8. The first-order valence-corrected chi connectivity index (χ1v) is 6.81. The lowest BCUT2D eigenvalue weighted by Gasteiger charge is -2.36. The number of rotatable bonds is 7. The Hall–Kier alpha value is -1.26. The number of esters is 1. The van der Waals surface area contributed by atoms with E-state index in [1.165, 1.54) is 0 Å². The molecule has 20 heavy (non-hydrogen) atoms. The van der Waals surface area contributed by atoms with Gasteiger partial charge in [-0.25, -0.2) is 8.78 Å². The third-order valence-corrected chi connectivity index (χ3v) is 3.23. The zero-order valence-corrected chi connectivity index (χ0v) is 11.6. The Labute approximate surface area is 117 Å². The molecule has 0 radical (unpaired) electrons. The highest BCUT2D eigenvalue weighted by Crippen LogP contribution is 2.20. The minimum atomic E-state index is -2.40. The van der Waals surface area contributed by atoms with Gasteiger partial charge in [-0.2, -0.15) is 5.26 Å². The summed E-state index contributed by atoms with van der Waals surface area (Å²) in [6, 6.07) is 1.94. The number of nitriles is 1. The molecule has 0 aromatic heterocycles. The Bertz CT molecular complexity index is 347. The van der Waals surface area contributed by atoms with Gasteiger partial charge in [0.2, 0.25) is 0 Å². The molecule has 0 saturated carbocycles. The number of hydrogen-bond acceptors (Lipinski definition) is 5. The highest BCUT2D eigenvalue weighted by molar-refractivity contribution is 5.69. The van der Waals surface area contributed by atoms with Crippen LogP contribution in [0.3, 0.4) is 0 Å². The van der Waals surface area contributed by atoms with Crippen LogP contribution in [-0.2, 0) is 9.53 Å². The van der Waals surface area contributed by atoms with Crippen LogP contribution in [0.15, 0.2) is 0 Å². The normalized spacial score (nSPS) is 23.6. The molecule has 5 nitrogen and oxygen atoms in total. The molecule has 1 rings (SSSR count). The Kier molecular flexibility index (Phi) is 7.41. The largest absolute Gasteiger partial charge is 0.466 e. The molecule has 0 bridgehead atoms. The van der Waals surface area contributed by atoms with E-state index >= 15 is 0 Å². The van der Waals surface area contributed by atoms with Crippen molar-refractivity contribution in [2.45, 2.75) is 32.2 Å². The summed E-state index contributed by atoms with van der Waals surface area (Å²) in [5, 5.41) is 11.5. The van der Waals surface area contributed by atoms with E-state index in [1.807, 2.05) is 4.90 Å². The third-order valence-electron chi connectivity index (χ3n) is 3.23. The molecule has 0 aromatic rings. The predicted molar refractivity (Wildman–Crippen MR) is 69.2 cm³/mol. The van der Waals surface area contributed by atoms with Gasteiger partial charge in [0, 0.05) is 25.6 Å². The predicted octanol–water partition coefficient (Wildman–Crippen LogP) is 1.01. The average Bonchev–Trinajstić information content (AvgIpc) is 2.36. The average molecular weight is 289 g/mol. The zero-order valence-electron chi connectivity index (χ0n) is 11.6. The Morgan fingerprint density at radius 3 is 2.90 bits per heavy atom. The number of carbonyl (C=O) groups is 1. The quantitative estimate of drug-likeness (QED) is 0.560. The van der Waals surface area contributed by atoms with Gasteiger partial charge in [-0.3, -0.25) is 9.69 Å². The highest BCUT2D eigenvalue weighted by Gasteiger charge is 2.29. The molecular formula is C13H21F2N3O2. The molecule has 1 saturated heterocycles. The van der Waals surface area contributed by atoms with E-state index in [0.717, 1.165) is 0 Å². The maximum Gasteiger partial charge on any atom is 0.306 e. The number of hydrogen-bond donors (Lipinski definition) is 1. The molecule has 0 aliphatic carbocycles. The lowest BCUT2D eigenvalue weighted by molar-refractivity contribution is -0.144. The number of halogens is 2. The monoisotopic (exact) mass is 289 g/mol. The first-order valence-electron chi connectivity index (χ1n) is 6.81. The summed E-state index contributed by atoms with van der Waals surface area (Å²) in [6.07, 6.45) is -1.49. The Balaban J connectivity index is 2.51. The van der Waals surface area contributed by atoms with Crippen LogP contribution < -0.4 is 5.32 Å². The number of ether oxygens (including phenoxy) is 1. The van der Waals surface area contributed by atoms with Crippen LogP contribution in [0.5, 0.6) is 0 Å². The summed E-state index contributed by atoms with van der Waals surface area (Å²) in [7, 11) is 0. The van der Waals surface area contributed by atoms with Crippen molar-refractivity contribution < 1.29 is 18.3 Å². The second kappa shape index (κ2) is 8.82. The number of nitrogens with one attached hydrogen (secondary N) is 1. The van der Waals surface area contributed by atoms with E-state index in [9.17, 15) is 13.6 Å². The van der Waals surface area contributed by atoms with Crippen LogP contribution in [0.2, 0.25) is 0 Å². The fourth-order valence-corrected chi connectivity index (χ4v) is 2.54. The second-order valence-electron chi connectivity index (χ2n) is 4.96. The maximum atomic E-state index is 12.2. The van der Waals surface area contributed by atoms with Gasteiger partial charge in [0.25, 0.3) is 6.43 Å². The summed E-state index contributed by atoms with van der Waals surface area (Å²) in [5.41, 5.74) is 0. The van der Waals surface area contributed by atoms with Crippen LogP contribution in [-0.4, -0.2) is 56.1 Å². The lowest BCUT2D eigenvalue weighted by Crippen LogP contribution is -2.50. The van der Waals surface area contributed by atoms with Gasteiger partial charge >= 0.3 is 5.97 Å². The summed E-state index contributed by atoms with van der Waals surface area (Å²) >= 11 is 0. The van der Waals surface area contributed by atoms with Crippen LogP contribution in [0.25, 0.3) is 0 Å². The SMILES string of the molecule is CCOC(=O)CC1CC(NCC(F)F)CN(CC#N)C1. The van der Waals surface area contributed by atoms with Crippen LogP contribution in [0.4, 0.5) is 8.78 Å². The van der Waals surface area contributed by atoms with Crippen molar-refractivity contribution in [1.82, 2.24) is 10.2 Å². The van der Waals surface area contributed by atoms with Gasteiger partial charge in [0.15, 0.2) is 0 Å². The van der Waals surface area contributed by atoms with Crippen LogP contribution >= 0.6 is 0 Å². The maximum absolute atomic E-state index is 12.2. The van der Waals surface area contributed by atoms with Crippen LogP contribution in [0.1, 0.15) is 19.8 Å². The fourth-order valence-electron chi connectivity index (χ4n) is 2.54. The van der Waals surface area contributed by atoms with Gasteiger partial charge in [0.1, 0.15) is 0 Å². The molecule has 0 amide bonds. The Morgan fingerprint density at radius 2 is 2.30 bits per heavy atom. The summed E-state index contributed by atoms with van der Waals surface area (Å²) in [6.45, 7) is 3.14. The number of nitrogens with zero attached hydrogens (tertiary/aromatic N) is 2. The molecule has 0 spiro atoms. The first-order chi connectivity index (χ1) is 9.55. The van der Waals surface area contributed by atoms with E-state index in [4.69, 9.17) is 10.00 Å². The Morgan fingerprint density at radius 1 is 1.55 bits per heavy atom. The minimum absolute atomic E-state index is 0.0336. The number of alkyl halides is 2. The topological polar surface area (TPSA) is 65.4 Å². The fraction of sp³-hybridized carbons (Fsp3) is 0.846. The van der Waals surface area contributed by atoms with Crippen molar-refractivity contribution in [3.05, 3.63) is 0 Å².